The minimum atomic E-state index is 0.342. The molecular weight excluding hydrogens is 248 g/mol. The van der Waals surface area contributed by atoms with Gasteiger partial charge in [-0.05, 0) is 37.8 Å². The maximum atomic E-state index is 5.89. The molecule has 0 aromatic heterocycles. The lowest BCUT2D eigenvalue weighted by molar-refractivity contribution is -0.0380. The first-order valence-electron chi connectivity index (χ1n) is 7.88. The highest BCUT2D eigenvalue weighted by Gasteiger charge is 2.25. The quantitative estimate of drug-likeness (QED) is 0.907. The predicted molar refractivity (Wildman–Crippen MR) is 82.1 cm³/mol. The van der Waals surface area contributed by atoms with Crippen LogP contribution in [0, 0.1) is 0 Å². The molecule has 3 nitrogen and oxygen atoms in total. The first-order chi connectivity index (χ1) is 9.72. The van der Waals surface area contributed by atoms with Crippen molar-refractivity contribution >= 4 is 0 Å². The molecule has 1 atom stereocenters. The summed E-state index contributed by atoms with van der Waals surface area (Å²) >= 11 is 0. The van der Waals surface area contributed by atoms with E-state index in [1.54, 1.807) is 0 Å². The van der Waals surface area contributed by atoms with Gasteiger partial charge in [-0.15, -0.1) is 0 Å². The van der Waals surface area contributed by atoms with E-state index in [0.717, 1.165) is 39.1 Å². The Morgan fingerprint density at radius 1 is 1.25 bits per heavy atom. The Morgan fingerprint density at radius 3 is 2.60 bits per heavy atom. The maximum Gasteiger partial charge on any atom is 0.0826 e. The van der Waals surface area contributed by atoms with E-state index in [2.05, 4.69) is 48.3 Å². The molecule has 1 aromatic carbocycles. The zero-order valence-electron chi connectivity index (χ0n) is 12.6. The molecule has 3 rings (SSSR count). The van der Waals surface area contributed by atoms with E-state index in [1.807, 2.05) is 0 Å². The molecule has 0 bridgehead atoms. The first kappa shape index (κ1) is 14.1. The van der Waals surface area contributed by atoms with Gasteiger partial charge in [-0.1, -0.05) is 24.3 Å². The molecule has 1 heterocycles. The Kier molecular flexibility index (Phi) is 4.39. The fourth-order valence-electron chi connectivity index (χ4n) is 3.34. The summed E-state index contributed by atoms with van der Waals surface area (Å²) in [6.07, 6.45) is 2.67. The lowest BCUT2D eigenvalue weighted by atomic mass is 10.1. The summed E-state index contributed by atoms with van der Waals surface area (Å²) in [6, 6.07) is 10.0. The van der Waals surface area contributed by atoms with Gasteiger partial charge in [0.15, 0.2) is 0 Å². The highest BCUT2D eigenvalue weighted by atomic mass is 16.5. The highest BCUT2D eigenvalue weighted by Crippen LogP contribution is 2.21. The van der Waals surface area contributed by atoms with E-state index in [9.17, 15) is 0 Å². The number of ether oxygens (including phenoxy) is 1. The summed E-state index contributed by atoms with van der Waals surface area (Å²) in [7, 11) is 0. The molecule has 0 spiro atoms. The van der Waals surface area contributed by atoms with Crippen LogP contribution in [0.1, 0.15) is 25.0 Å². The lowest BCUT2D eigenvalue weighted by Crippen LogP contribution is -2.50. The van der Waals surface area contributed by atoms with E-state index in [-0.39, 0.29) is 0 Å². The van der Waals surface area contributed by atoms with Gasteiger partial charge in [-0.25, -0.2) is 0 Å². The van der Waals surface area contributed by atoms with Gasteiger partial charge >= 0.3 is 0 Å². The van der Waals surface area contributed by atoms with Crippen LogP contribution >= 0.6 is 0 Å². The van der Waals surface area contributed by atoms with Crippen LogP contribution in [0.5, 0.6) is 0 Å². The molecule has 1 aromatic rings. The second-order valence-electron chi connectivity index (χ2n) is 6.36. The van der Waals surface area contributed by atoms with Crippen LogP contribution in [0.4, 0.5) is 0 Å². The molecule has 0 saturated carbocycles. The molecule has 110 valence electrons. The third-order valence-electron chi connectivity index (χ3n) is 4.59. The van der Waals surface area contributed by atoms with Gasteiger partial charge in [0.05, 0.1) is 12.7 Å². The van der Waals surface area contributed by atoms with E-state index < -0.39 is 0 Å². The van der Waals surface area contributed by atoms with Crippen LogP contribution in [-0.4, -0.2) is 49.3 Å². The average Bonchev–Trinajstić information content (AvgIpc) is 2.88. The van der Waals surface area contributed by atoms with Crippen molar-refractivity contribution < 1.29 is 4.74 Å². The van der Waals surface area contributed by atoms with Crippen molar-refractivity contribution in [3.63, 3.8) is 0 Å². The molecule has 1 N–H and O–H groups in total. The average molecular weight is 274 g/mol. The van der Waals surface area contributed by atoms with E-state index in [1.165, 1.54) is 11.1 Å². The topological polar surface area (TPSA) is 24.5 Å². The van der Waals surface area contributed by atoms with Gasteiger partial charge in [-0.3, -0.25) is 4.90 Å². The molecule has 0 radical (unpaired) electrons. The summed E-state index contributed by atoms with van der Waals surface area (Å²) in [6.45, 7) is 8.51. The number of fused-ring (bicyclic) bond motifs is 1. The van der Waals surface area contributed by atoms with Crippen molar-refractivity contribution in [1.82, 2.24) is 10.2 Å². The van der Waals surface area contributed by atoms with Gasteiger partial charge in [0.25, 0.3) is 0 Å². The van der Waals surface area contributed by atoms with Crippen molar-refractivity contribution in [2.75, 3.05) is 26.2 Å². The predicted octanol–water partition coefficient (Wildman–Crippen LogP) is 1.85. The van der Waals surface area contributed by atoms with Gasteiger partial charge in [0.2, 0.25) is 0 Å². The number of rotatable bonds is 4. The van der Waals surface area contributed by atoms with Crippen LogP contribution in [0.15, 0.2) is 24.3 Å². The van der Waals surface area contributed by atoms with E-state index in [4.69, 9.17) is 4.74 Å². The SMILES string of the molecule is CC(C)N1CCOC(CNC2Cc3ccccc3C2)C1. The second-order valence-corrected chi connectivity index (χ2v) is 6.36. The Labute approximate surface area is 122 Å². The largest absolute Gasteiger partial charge is 0.374 e. The molecular formula is C17H26N2O. The number of morpholine rings is 1. The molecule has 20 heavy (non-hydrogen) atoms. The number of hydrogen-bond acceptors (Lipinski definition) is 3. The highest BCUT2D eigenvalue weighted by molar-refractivity contribution is 5.33. The fraction of sp³-hybridized carbons (Fsp3) is 0.647. The number of hydrogen-bond donors (Lipinski definition) is 1. The monoisotopic (exact) mass is 274 g/mol. The van der Waals surface area contributed by atoms with Crippen molar-refractivity contribution in [1.29, 1.82) is 0 Å². The molecule has 1 fully saturated rings. The Balaban J connectivity index is 1.47. The summed E-state index contributed by atoms with van der Waals surface area (Å²) < 4.78 is 5.89. The molecule has 1 aliphatic carbocycles. The Bertz CT molecular complexity index is 421. The summed E-state index contributed by atoms with van der Waals surface area (Å²) in [5.41, 5.74) is 3.02. The molecule has 2 aliphatic rings. The lowest BCUT2D eigenvalue weighted by Gasteiger charge is -2.36. The van der Waals surface area contributed by atoms with Crippen LogP contribution in [0.25, 0.3) is 0 Å². The van der Waals surface area contributed by atoms with Crippen LogP contribution < -0.4 is 5.32 Å². The van der Waals surface area contributed by atoms with Gasteiger partial charge in [0.1, 0.15) is 0 Å². The van der Waals surface area contributed by atoms with Crippen molar-refractivity contribution in [3.05, 3.63) is 35.4 Å². The second kappa shape index (κ2) is 6.25. The van der Waals surface area contributed by atoms with Crippen molar-refractivity contribution in [2.24, 2.45) is 0 Å². The van der Waals surface area contributed by atoms with Gasteiger partial charge in [-0.2, -0.15) is 0 Å². The number of benzene rings is 1. The normalized spacial score (nSPS) is 24.2. The maximum absolute atomic E-state index is 5.89. The number of nitrogens with one attached hydrogen (secondary N) is 1. The van der Waals surface area contributed by atoms with Crippen molar-refractivity contribution in [2.45, 2.75) is 44.9 Å². The van der Waals surface area contributed by atoms with E-state index >= 15 is 0 Å². The van der Waals surface area contributed by atoms with Crippen LogP contribution in [0.3, 0.4) is 0 Å². The third-order valence-corrected chi connectivity index (χ3v) is 4.59. The van der Waals surface area contributed by atoms with Crippen LogP contribution in [0.2, 0.25) is 0 Å². The fourth-order valence-corrected chi connectivity index (χ4v) is 3.34. The smallest absolute Gasteiger partial charge is 0.0826 e. The van der Waals surface area contributed by atoms with Gasteiger partial charge in [0, 0.05) is 31.7 Å². The molecule has 1 unspecified atom stereocenters. The molecule has 3 heteroatoms. The molecule has 0 amide bonds. The third kappa shape index (κ3) is 3.22. The van der Waals surface area contributed by atoms with Gasteiger partial charge < -0.3 is 10.1 Å². The summed E-state index contributed by atoms with van der Waals surface area (Å²) in [5, 5.41) is 3.71. The molecule has 1 saturated heterocycles. The zero-order chi connectivity index (χ0) is 13.9. The van der Waals surface area contributed by atoms with Crippen LogP contribution in [-0.2, 0) is 17.6 Å². The zero-order valence-corrected chi connectivity index (χ0v) is 12.6. The Hall–Kier alpha value is -0.900. The minimum Gasteiger partial charge on any atom is -0.374 e. The summed E-state index contributed by atoms with van der Waals surface area (Å²) in [5.74, 6) is 0. The molecule has 1 aliphatic heterocycles. The number of nitrogens with zero attached hydrogens (tertiary/aromatic N) is 1. The standard InChI is InChI=1S/C17H26N2O/c1-13(2)19-7-8-20-17(12-19)11-18-16-9-14-5-3-4-6-15(14)10-16/h3-6,13,16-18H,7-12H2,1-2H3. The minimum absolute atomic E-state index is 0.342. The first-order valence-corrected chi connectivity index (χ1v) is 7.88. The Morgan fingerprint density at radius 2 is 1.95 bits per heavy atom. The summed E-state index contributed by atoms with van der Waals surface area (Å²) in [4.78, 5) is 2.51. The van der Waals surface area contributed by atoms with E-state index in [0.29, 0.717) is 18.2 Å². The van der Waals surface area contributed by atoms with Crippen molar-refractivity contribution in [3.8, 4) is 0 Å².